The van der Waals surface area contributed by atoms with Gasteiger partial charge in [-0.1, -0.05) is 13.8 Å². The van der Waals surface area contributed by atoms with Crippen LogP contribution in [0, 0.1) is 13.8 Å². The molecule has 0 aromatic heterocycles. The first-order valence-electron chi connectivity index (χ1n) is 7.98. The average molecular weight is 292 g/mol. The summed E-state index contributed by atoms with van der Waals surface area (Å²) in [6.45, 7) is 8.60. The lowest BCUT2D eigenvalue weighted by Crippen LogP contribution is -2.07. The zero-order valence-corrected chi connectivity index (χ0v) is 13.5. The summed E-state index contributed by atoms with van der Waals surface area (Å²) in [4.78, 5) is 0. The van der Waals surface area contributed by atoms with Crippen LogP contribution in [0.1, 0.15) is 48.9 Å². The van der Waals surface area contributed by atoms with Crippen molar-refractivity contribution in [3.8, 4) is 11.5 Å². The second-order valence-corrected chi connectivity index (χ2v) is 6.12. The third kappa shape index (κ3) is 1.61. The van der Waals surface area contributed by atoms with E-state index in [0.717, 1.165) is 24.3 Å². The third-order valence-electron chi connectivity index (χ3n) is 4.77. The van der Waals surface area contributed by atoms with Crippen LogP contribution in [-0.4, -0.2) is 0 Å². The summed E-state index contributed by atoms with van der Waals surface area (Å²) < 4.78 is 12.0. The zero-order chi connectivity index (χ0) is 15.4. The van der Waals surface area contributed by atoms with E-state index in [4.69, 9.17) is 9.47 Å². The number of rotatable bonds is 2. The SMILES string of the molecule is CCC1=COc2c(C)cc3c4c(c(C)cc1c24)OC=C3CC. The molecule has 0 N–H and O–H groups in total. The van der Waals surface area contributed by atoms with E-state index in [0.29, 0.717) is 0 Å². The van der Waals surface area contributed by atoms with E-state index in [2.05, 4.69) is 39.8 Å². The van der Waals surface area contributed by atoms with Gasteiger partial charge in [0.15, 0.2) is 0 Å². The molecular formula is C20H20O2. The molecule has 22 heavy (non-hydrogen) atoms. The zero-order valence-electron chi connectivity index (χ0n) is 13.5. The van der Waals surface area contributed by atoms with E-state index in [9.17, 15) is 0 Å². The standard InChI is InChI=1S/C20H20O2/c1-5-13-9-21-19-12(4)8-16-14(6-2)10-22-20-11(3)7-15(13)17(19)18(16)20/h7-10H,5-6H2,1-4H3. The normalized spacial score (nSPS) is 15.1. The Morgan fingerprint density at radius 2 is 1.14 bits per heavy atom. The lowest BCUT2D eigenvalue weighted by atomic mass is 9.86. The van der Waals surface area contributed by atoms with Crippen molar-refractivity contribution in [2.75, 3.05) is 0 Å². The van der Waals surface area contributed by atoms with Crippen molar-refractivity contribution in [1.29, 1.82) is 0 Å². The fraction of sp³-hybridized carbons (Fsp3) is 0.300. The summed E-state index contributed by atoms with van der Waals surface area (Å²) >= 11 is 0. The molecule has 2 aliphatic rings. The molecule has 2 heterocycles. The van der Waals surface area contributed by atoms with E-state index in [-0.39, 0.29) is 0 Å². The minimum absolute atomic E-state index is 0.966. The van der Waals surface area contributed by atoms with Crippen molar-refractivity contribution in [1.82, 2.24) is 0 Å². The maximum absolute atomic E-state index is 5.98. The molecule has 0 saturated carbocycles. The second-order valence-electron chi connectivity index (χ2n) is 6.12. The number of benzene rings is 2. The molecule has 4 rings (SSSR count). The van der Waals surface area contributed by atoms with Gasteiger partial charge in [-0.2, -0.15) is 0 Å². The van der Waals surface area contributed by atoms with Gasteiger partial charge in [0.1, 0.15) is 11.5 Å². The van der Waals surface area contributed by atoms with Gasteiger partial charge in [-0.05, 0) is 72.2 Å². The van der Waals surface area contributed by atoms with E-state index in [1.54, 1.807) is 0 Å². The third-order valence-corrected chi connectivity index (χ3v) is 4.77. The van der Waals surface area contributed by atoms with Crippen LogP contribution in [-0.2, 0) is 0 Å². The van der Waals surface area contributed by atoms with Gasteiger partial charge in [-0.3, -0.25) is 0 Å². The summed E-state index contributed by atoms with van der Waals surface area (Å²) in [5.74, 6) is 1.96. The van der Waals surface area contributed by atoms with Crippen molar-refractivity contribution < 1.29 is 9.47 Å². The van der Waals surface area contributed by atoms with Gasteiger partial charge in [0.05, 0.1) is 12.5 Å². The van der Waals surface area contributed by atoms with Gasteiger partial charge < -0.3 is 9.47 Å². The van der Waals surface area contributed by atoms with Crippen LogP contribution in [0.3, 0.4) is 0 Å². The van der Waals surface area contributed by atoms with Crippen LogP contribution in [0.4, 0.5) is 0 Å². The van der Waals surface area contributed by atoms with Crippen molar-refractivity contribution in [2.24, 2.45) is 0 Å². The highest BCUT2D eigenvalue weighted by Crippen LogP contribution is 2.49. The number of ether oxygens (including phenoxy) is 2. The van der Waals surface area contributed by atoms with Gasteiger partial charge in [0.25, 0.3) is 0 Å². The second kappa shape index (κ2) is 4.64. The Balaban J connectivity index is 2.21. The first-order valence-corrected chi connectivity index (χ1v) is 7.98. The summed E-state index contributed by atoms with van der Waals surface area (Å²) in [5, 5.41) is 2.43. The van der Waals surface area contributed by atoms with Crippen molar-refractivity contribution >= 4 is 21.9 Å². The number of aryl methyl sites for hydroxylation is 2. The highest BCUT2D eigenvalue weighted by molar-refractivity contribution is 6.09. The summed E-state index contributed by atoms with van der Waals surface area (Å²) in [5.41, 5.74) is 7.48. The highest BCUT2D eigenvalue weighted by atomic mass is 16.5. The van der Waals surface area contributed by atoms with Gasteiger partial charge in [0.2, 0.25) is 0 Å². The average Bonchev–Trinajstić information content (AvgIpc) is 2.53. The maximum atomic E-state index is 5.98. The summed E-state index contributed by atoms with van der Waals surface area (Å²) in [6.07, 6.45) is 5.75. The van der Waals surface area contributed by atoms with Gasteiger partial charge in [0, 0.05) is 10.8 Å². The van der Waals surface area contributed by atoms with Gasteiger partial charge in [-0.25, -0.2) is 0 Å². The Bertz CT molecular complexity index is 796. The molecule has 2 aliphatic heterocycles. The number of hydrogen-bond acceptors (Lipinski definition) is 2. The molecule has 2 heteroatoms. The molecule has 0 unspecified atom stereocenters. The molecule has 0 aliphatic carbocycles. The molecule has 0 amide bonds. The lowest BCUT2D eigenvalue weighted by Gasteiger charge is -2.27. The van der Waals surface area contributed by atoms with E-state index >= 15 is 0 Å². The predicted molar refractivity (Wildman–Crippen MR) is 91.2 cm³/mol. The number of hydrogen-bond donors (Lipinski definition) is 0. The molecule has 0 atom stereocenters. The molecule has 0 radical (unpaired) electrons. The van der Waals surface area contributed by atoms with E-state index in [1.807, 2.05) is 12.5 Å². The van der Waals surface area contributed by atoms with Gasteiger partial charge in [-0.15, -0.1) is 0 Å². The fourth-order valence-electron chi connectivity index (χ4n) is 3.59. The Kier molecular flexibility index (Phi) is 2.83. The minimum atomic E-state index is 0.966. The maximum Gasteiger partial charge on any atom is 0.138 e. The number of allylic oxidation sites excluding steroid dienone is 2. The monoisotopic (exact) mass is 292 g/mol. The van der Waals surface area contributed by atoms with Crippen molar-refractivity contribution in [2.45, 2.75) is 40.5 Å². The fourth-order valence-corrected chi connectivity index (χ4v) is 3.59. The highest BCUT2D eigenvalue weighted by Gasteiger charge is 2.26. The quantitative estimate of drug-likeness (QED) is 0.702. The Morgan fingerprint density at radius 1 is 0.727 bits per heavy atom. The van der Waals surface area contributed by atoms with Crippen LogP contribution >= 0.6 is 0 Å². The molecule has 2 aromatic rings. The van der Waals surface area contributed by atoms with Crippen molar-refractivity contribution in [3.63, 3.8) is 0 Å². The van der Waals surface area contributed by atoms with E-state index in [1.165, 1.54) is 44.2 Å². The molecule has 0 spiro atoms. The van der Waals surface area contributed by atoms with Crippen molar-refractivity contribution in [3.05, 3.63) is 46.9 Å². The van der Waals surface area contributed by atoms with Gasteiger partial charge >= 0.3 is 0 Å². The molecular weight excluding hydrogens is 272 g/mol. The van der Waals surface area contributed by atoms with Crippen LogP contribution in [0.5, 0.6) is 11.5 Å². The smallest absolute Gasteiger partial charge is 0.138 e. The molecule has 112 valence electrons. The Hall–Kier alpha value is -2.22. The summed E-state index contributed by atoms with van der Waals surface area (Å²) in [7, 11) is 0. The van der Waals surface area contributed by atoms with Crippen LogP contribution in [0.25, 0.3) is 21.9 Å². The van der Waals surface area contributed by atoms with Crippen LogP contribution in [0.2, 0.25) is 0 Å². The summed E-state index contributed by atoms with van der Waals surface area (Å²) in [6, 6.07) is 4.49. The Labute approximate surface area is 131 Å². The Morgan fingerprint density at radius 3 is 1.50 bits per heavy atom. The molecule has 2 nitrogen and oxygen atoms in total. The molecule has 0 saturated heterocycles. The first-order chi connectivity index (χ1) is 10.7. The lowest BCUT2D eigenvalue weighted by molar-refractivity contribution is 0.473. The topological polar surface area (TPSA) is 18.5 Å². The largest absolute Gasteiger partial charge is 0.464 e. The van der Waals surface area contributed by atoms with Crippen LogP contribution < -0.4 is 9.47 Å². The molecule has 0 bridgehead atoms. The van der Waals surface area contributed by atoms with Crippen LogP contribution in [0.15, 0.2) is 24.7 Å². The molecule has 0 fully saturated rings. The van der Waals surface area contributed by atoms with E-state index < -0.39 is 0 Å². The minimum Gasteiger partial charge on any atom is -0.464 e. The first kappa shape index (κ1) is 13.4. The predicted octanol–water partition coefficient (Wildman–Crippen LogP) is 5.74. The molecule has 2 aromatic carbocycles.